The number of hydrogen-bond acceptors (Lipinski definition) is 3. The first-order chi connectivity index (χ1) is 3.60. The maximum absolute atomic E-state index is 10.3. The summed E-state index contributed by atoms with van der Waals surface area (Å²) in [4.78, 5) is 0. The van der Waals surface area contributed by atoms with Gasteiger partial charge in [0, 0.05) is 0 Å². The number of hydrogen-bond donors (Lipinski definition) is 3. The van der Waals surface area contributed by atoms with Crippen LogP contribution in [-0.4, -0.2) is 26.3 Å². The lowest BCUT2D eigenvalue weighted by atomic mass is 10.6. The van der Waals surface area contributed by atoms with Crippen molar-refractivity contribution in [1.29, 1.82) is 0 Å². The summed E-state index contributed by atoms with van der Waals surface area (Å²) in [5, 5.41) is 8.51. The minimum absolute atomic E-state index is 0.0579. The van der Waals surface area contributed by atoms with Crippen LogP contribution in [0.1, 0.15) is 0 Å². The Bertz CT molecular complexity index is 174. The lowest BCUT2D eigenvalue weighted by Crippen LogP contribution is -2.27. The molecular weight excluding hydrogens is 132 g/mol. The lowest BCUT2D eigenvalue weighted by Gasteiger charge is -1.92. The molecular formula is C2H6N2O3S. The van der Waals surface area contributed by atoms with E-state index in [4.69, 9.17) is 5.11 Å². The molecule has 0 aromatic heterocycles. The molecule has 3 N–H and O–H groups in total. The van der Waals surface area contributed by atoms with Gasteiger partial charge in [-0.05, 0) is 0 Å². The van der Waals surface area contributed by atoms with Crippen molar-refractivity contribution in [3.63, 3.8) is 0 Å². The van der Waals surface area contributed by atoms with Gasteiger partial charge in [0.1, 0.15) is 6.23 Å². The van der Waals surface area contributed by atoms with E-state index in [1.165, 1.54) is 0 Å². The summed E-state index contributed by atoms with van der Waals surface area (Å²) in [6.07, 6.45) is -0.958. The SMILES string of the molecule is O=S1(=O)NCC(O)N1. The highest BCUT2D eigenvalue weighted by molar-refractivity contribution is 7.87. The van der Waals surface area contributed by atoms with Crippen molar-refractivity contribution in [3.8, 4) is 0 Å². The fourth-order valence-corrected chi connectivity index (χ4v) is 1.35. The molecule has 1 atom stereocenters. The summed E-state index contributed by atoms with van der Waals surface area (Å²) >= 11 is 0. The van der Waals surface area contributed by atoms with E-state index in [0.29, 0.717) is 0 Å². The van der Waals surface area contributed by atoms with Crippen molar-refractivity contribution in [2.24, 2.45) is 0 Å². The van der Waals surface area contributed by atoms with E-state index >= 15 is 0 Å². The molecule has 0 amide bonds. The highest BCUT2D eigenvalue weighted by Crippen LogP contribution is 1.89. The van der Waals surface area contributed by atoms with Gasteiger partial charge in [-0.2, -0.15) is 17.9 Å². The highest BCUT2D eigenvalue weighted by Gasteiger charge is 2.22. The molecule has 0 saturated carbocycles. The molecule has 1 rings (SSSR count). The number of β-amino-alcohol motifs (C(OH)–C–C–N with tert-alkyl or cyclic N) is 1. The fourth-order valence-electron chi connectivity index (χ4n) is 0.451. The second kappa shape index (κ2) is 1.66. The lowest BCUT2D eigenvalue weighted by molar-refractivity contribution is 0.180. The quantitative estimate of drug-likeness (QED) is 0.353. The first-order valence-electron chi connectivity index (χ1n) is 2.05. The summed E-state index contributed by atoms with van der Waals surface area (Å²) < 4.78 is 24.5. The summed E-state index contributed by atoms with van der Waals surface area (Å²) in [6, 6.07) is 0. The molecule has 0 aromatic rings. The zero-order valence-electron chi connectivity index (χ0n) is 3.96. The van der Waals surface area contributed by atoms with Gasteiger partial charge < -0.3 is 5.11 Å². The van der Waals surface area contributed by atoms with Crippen LogP contribution in [0.15, 0.2) is 0 Å². The monoisotopic (exact) mass is 138 g/mol. The Hall–Kier alpha value is -0.170. The smallest absolute Gasteiger partial charge is 0.279 e. The van der Waals surface area contributed by atoms with Gasteiger partial charge in [-0.15, -0.1) is 0 Å². The molecule has 0 aromatic carbocycles. The molecule has 1 unspecified atom stereocenters. The maximum atomic E-state index is 10.3. The van der Waals surface area contributed by atoms with Crippen molar-refractivity contribution in [2.45, 2.75) is 6.23 Å². The molecule has 6 heteroatoms. The summed E-state index contributed by atoms with van der Waals surface area (Å²) in [6.45, 7) is 0.0579. The van der Waals surface area contributed by atoms with Gasteiger partial charge in [-0.25, -0.2) is 0 Å². The molecule has 0 bridgehead atoms. The zero-order valence-corrected chi connectivity index (χ0v) is 4.77. The third-order valence-electron chi connectivity index (χ3n) is 0.758. The van der Waals surface area contributed by atoms with Crippen LogP contribution in [0.25, 0.3) is 0 Å². The molecule has 0 aliphatic carbocycles. The summed E-state index contributed by atoms with van der Waals surface area (Å²) in [5.41, 5.74) is 0. The Labute approximate surface area is 46.9 Å². The zero-order chi connectivity index (χ0) is 6.20. The third kappa shape index (κ3) is 1.16. The predicted octanol–water partition coefficient (Wildman–Crippen LogP) is -2.26. The largest absolute Gasteiger partial charge is 0.376 e. The van der Waals surface area contributed by atoms with E-state index in [1.54, 1.807) is 0 Å². The Kier molecular flexibility index (Phi) is 1.24. The Morgan fingerprint density at radius 2 is 2.25 bits per heavy atom. The molecule has 1 aliphatic rings. The molecule has 1 heterocycles. The molecule has 8 heavy (non-hydrogen) atoms. The van der Waals surface area contributed by atoms with Crippen molar-refractivity contribution < 1.29 is 13.5 Å². The van der Waals surface area contributed by atoms with E-state index in [1.807, 2.05) is 4.72 Å². The van der Waals surface area contributed by atoms with Crippen molar-refractivity contribution in [3.05, 3.63) is 0 Å². The normalized spacial score (nSPS) is 35.4. The van der Waals surface area contributed by atoms with Gasteiger partial charge >= 0.3 is 0 Å². The van der Waals surface area contributed by atoms with Crippen LogP contribution in [0.5, 0.6) is 0 Å². The van der Waals surface area contributed by atoms with Gasteiger partial charge in [0.2, 0.25) is 0 Å². The van der Waals surface area contributed by atoms with E-state index in [0.717, 1.165) is 0 Å². The summed E-state index contributed by atoms with van der Waals surface area (Å²) in [5.74, 6) is 0. The minimum Gasteiger partial charge on any atom is -0.376 e. The Morgan fingerprint density at radius 1 is 1.62 bits per heavy atom. The molecule has 1 aliphatic heterocycles. The number of nitrogens with one attached hydrogen (secondary N) is 2. The first kappa shape index (κ1) is 5.96. The fraction of sp³-hybridized carbons (Fsp3) is 1.00. The second-order valence-corrected chi connectivity index (χ2v) is 3.02. The van der Waals surface area contributed by atoms with Crippen LogP contribution in [0.4, 0.5) is 0 Å². The van der Waals surface area contributed by atoms with Crippen LogP contribution in [-0.2, 0) is 10.2 Å². The van der Waals surface area contributed by atoms with E-state index in [9.17, 15) is 8.42 Å². The topological polar surface area (TPSA) is 78.4 Å². The minimum atomic E-state index is -3.35. The van der Waals surface area contributed by atoms with Crippen LogP contribution in [0.3, 0.4) is 0 Å². The molecule has 5 nitrogen and oxygen atoms in total. The van der Waals surface area contributed by atoms with Crippen LogP contribution < -0.4 is 9.44 Å². The third-order valence-corrected chi connectivity index (χ3v) is 1.89. The van der Waals surface area contributed by atoms with Gasteiger partial charge in [0.25, 0.3) is 10.2 Å². The van der Waals surface area contributed by atoms with Crippen LogP contribution in [0.2, 0.25) is 0 Å². The van der Waals surface area contributed by atoms with Crippen molar-refractivity contribution in [2.75, 3.05) is 6.54 Å². The predicted molar refractivity (Wildman–Crippen MR) is 26.1 cm³/mol. The number of aliphatic hydroxyl groups is 1. The standard InChI is InChI=1S/C2H6N2O3S/c5-2-1-3-8(6,7)4-2/h2-5H,1H2. The van der Waals surface area contributed by atoms with Gasteiger partial charge in [-0.1, -0.05) is 0 Å². The Morgan fingerprint density at radius 3 is 2.38 bits per heavy atom. The van der Waals surface area contributed by atoms with Crippen LogP contribution in [0, 0.1) is 0 Å². The molecule has 0 spiro atoms. The van der Waals surface area contributed by atoms with E-state index in [-0.39, 0.29) is 6.54 Å². The van der Waals surface area contributed by atoms with Crippen LogP contribution >= 0.6 is 0 Å². The molecule has 48 valence electrons. The highest BCUT2D eigenvalue weighted by atomic mass is 32.2. The van der Waals surface area contributed by atoms with Gasteiger partial charge in [0.05, 0.1) is 6.54 Å². The Balaban J connectivity index is 2.71. The van der Waals surface area contributed by atoms with Gasteiger partial charge in [0.15, 0.2) is 0 Å². The summed E-state index contributed by atoms with van der Waals surface area (Å²) in [7, 11) is -3.35. The number of aliphatic hydroxyl groups excluding tert-OH is 1. The average Bonchev–Trinajstić information content (AvgIpc) is 1.82. The van der Waals surface area contributed by atoms with Gasteiger partial charge in [-0.3, -0.25) is 0 Å². The molecule has 0 radical (unpaired) electrons. The van der Waals surface area contributed by atoms with E-state index in [2.05, 4.69) is 4.72 Å². The second-order valence-electron chi connectivity index (χ2n) is 1.49. The van der Waals surface area contributed by atoms with Crippen molar-refractivity contribution >= 4 is 10.2 Å². The molecule has 1 saturated heterocycles. The average molecular weight is 138 g/mol. The maximum Gasteiger partial charge on any atom is 0.279 e. The van der Waals surface area contributed by atoms with E-state index < -0.39 is 16.4 Å². The number of rotatable bonds is 0. The first-order valence-corrected chi connectivity index (χ1v) is 3.53. The molecule has 1 fully saturated rings. The van der Waals surface area contributed by atoms with Crippen molar-refractivity contribution in [1.82, 2.24) is 9.44 Å².